The summed E-state index contributed by atoms with van der Waals surface area (Å²) in [7, 11) is -2.00. The summed E-state index contributed by atoms with van der Waals surface area (Å²) in [6.07, 6.45) is 0.936. The number of likely N-dealkylation sites (N-methyl/N-ethyl adjacent to an activating group) is 1. The molecule has 2 rings (SSSR count). The number of nitrogens with zero attached hydrogens (tertiary/aromatic N) is 2. The third-order valence-corrected chi connectivity index (χ3v) is 5.57. The van der Waals surface area contributed by atoms with Gasteiger partial charge in [-0.25, -0.2) is 0 Å². The molecule has 0 unspecified atom stereocenters. The normalized spacial score (nSPS) is 25.6. The van der Waals surface area contributed by atoms with Gasteiger partial charge in [0.05, 0.1) is 18.8 Å². The summed E-state index contributed by atoms with van der Waals surface area (Å²) >= 11 is 0. The Morgan fingerprint density at radius 2 is 1.68 bits per heavy atom. The largest absolute Gasteiger partial charge is 0.388 e. The first-order valence-electron chi connectivity index (χ1n) is 6.53. The first kappa shape index (κ1) is 15.1. The molecule has 2 heterocycles. The van der Waals surface area contributed by atoms with E-state index in [1.807, 2.05) is 0 Å². The monoisotopic (exact) mass is 294 g/mol. The number of hydrogen-bond donors (Lipinski definition) is 1. The van der Waals surface area contributed by atoms with E-state index in [0.29, 0.717) is 52.4 Å². The predicted octanol–water partition coefficient (Wildman–Crippen LogP) is -0.963. The Labute approximate surface area is 114 Å². The van der Waals surface area contributed by atoms with Crippen LogP contribution in [0.15, 0.2) is 0 Å². The van der Waals surface area contributed by atoms with Crippen molar-refractivity contribution in [3.05, 3.63) is 0 Å². The molecule has 2 fully saturated rings. The Kier molecular flexibility index (Phi) is 4.80. The molecule has 0 amide bonds. The Balaban J connectivity index is 1.99. The van der Waals surface area contributed by atoms with Crippen molar-refractivity contribution >= 4 is 10.2 Å². The minimum absolute atomic E-state index is 0.107. The predicted molar refractivity (Wildman–Crippen MR) is 68.9 cm³/mol. The molecule has 2 aliphatic rings. The van der Waals surface area contributed by atoms with Crippen molar-refractivity contribution in [2.45, 2.75) is 18.4 Å². The van der Waals surface area contributed by atoms with E-state index in [4.69, 9.17) is 9.47 Å². The van der Waals surface area contributed by atoms with E-state index in [-0.39, 0.29) is 6.54 Å². The summed E-state index contributed by atoms with van der Waals surface area (Å²) < 4.78 is 37.7. The van der Waals surface area contributed by atoms with Crippen LogP contribution in [-0.2, 0) is 19.7 Å². The Hall–Kier alpha value is -0.250. The van der Waals surface area contributed by atoms with E-state index in [9.17, 15) is 13.5 Å². The molecule has 7 nitrogen and oxygen atoms in total. The average molecular weight is 294 g/mol. The van der Waals surface area contributed by atoms with Gasteiger partial charge in [-0.05, 0) is 0 Å². The van der Waals surface area contributed by atoms with Crippen molar-refractivity contribution in [2.75, 3.05) is 53.1 Å². The van der Waals surface area contributed by atoms with Crippen LogP contribution in [0.5, 0.6) is 0 Å². The molecule has 2 aliphatic heterocycles. The van der Waals surface area contributed by atoms with Gasteiger partial charge in [0.15, 0.2) is 0 Å². The minimum atomic E-state index is -3.51. The molecule has 0 aromatic carbocycles. The molecule has 1 N–H and O–H groups in total. The molecule has 0 atom stereocenters. The third kappa shape index (κ3) is 3.65. The number of morpholine rings is 1. The molecule has 0 saturated carbocycles. The SMILES string of the molecule is CN(CC1(O)CCOCC1)S(=O)(=O)N1CCOCC1. The fraction of sp³-hybridized carbons (Fsp3) is 1.00. The summed E-state index contributed by atoms with van der Waals surface area (Å²) in [6, 6.07) is 0. The molecule has 0 aromatic heterocycles. The number of aliphatic hydroxyl groups is 1. The second-order valence-corrected chi connectivity index (χ2v) is 7.15. The zero-order valence-electron chi connectivity index (χ0n) is 11.2. The summed E-state index contributed by atoms with van der Waals surface area (Å²) in [6.45, 7) is 2.64. The fourth-order valence-corrected chi connectivity index (χ4v) is 3.79. The molecule has 0 bridgehead atoms. The van der Waals surface area contributed by atoms with Crippen LogP contribution in [0.25, 0.3) is 0 Å². The van der Waals surface area contributed by atoms with E-state index < -0.39 is 15.8 Å². The Morgan fingerprint density at radius 1 is 1.16 bits per heavy atom. The fourth-order valence-electron chi connectivity index (χ4n) is 2.38. The lowest BCUT2D eigenvalue weighted by Gasteiger charge is -2.37. The topological polar surface area (TPSA) is 79.3 Å². The number of hydrogen-bond acceptors (Lipinski definition) is 5. The first-order valence-corrected chi connectivity index (χ1v) is 7.93. The maximum Gasteiger partial charge on any atom is 0.281 e. The van der Waals surface area contributed by atoms with Crippen LogP contribution in [-0.4, -0.2) is 80.8 Å². The van der Waals surface area contributed by atoms with Crippen LogP contribution in [0.3, 0.4) is 0 Å². The molecule has 0 radical (unpaired) electrons. The van der Waals surface area contributed by atoms with Crippen molar-refractivity contribution in [2.24, 2.45) is 0 Å². The van der Waals surface area contributed by atoms with E-state index in [1.165, 1.54) is 15.7 Å². The second kappa shape index (κ2) is 6.02. The maximum atomic E-state index is 12.4. The summed E-state index contributed by atoms with van der Waals surface area (Å²) in [5.74, 6) is 0. The van der Waals surface area contributed by atoms with Crippen LogP contribution >= 0.6 is 0 Å². The van der Waals surface area contributed by atoms with Crippen LogP contribution in [0.2, 0.25) is 0 Å². The van der Waals surface area contributed by atoms with Gasteiger partial charge in [0.25, 0.3) is 10.2 Å². The van der Waals surface area contributed by atoms with Crippen molar-refractivity contribution in [3.8, 4) is 0 Å². The van der Waals surface area contributed by atoms with Crippen molar-refractivity contribution in [1.29, 1.82) is 0 Å². The van der Waals surface area contributed by atoms with Gasteiger partial charge in [0, 0.05) is 52.7 Å². The van der Waals surface area contributed by atoms with E-state index in [2.05, 4.69) is 0 Å². The quantitative estimate of drug-likeness (QED) is 0.722. The molecule has 0 spiro atoms. The summed E-state index contributed by atoms with van der Waals surface area (Å²) in [5, 5.41) is 10.4. The van der Waals surface area contributed by atoms with Gasteiger partial charge in [-0.1, -0.05) is 0 Å². The van der Waals surface area contributed by atoms with Gasteiger partial charge in [0.1, 0.15) is 0 Å². The lowest BCUT2D eigenvalue weighted by Crippen LogP contribution is -2.53. The number of rotatable bonds is 4. The highest BCUT2D eigenvalue weighted by Crippen LogP contribution is 2.23. The van der Waals surface area contributed by atoms with Gasteiger partial charge in [0.2, 0.25) is 0 Å². The van der Waals surface area contributed by atoms with E-state index in [1.54, 1.807) is 0 Å². The van der Waals surface area contributed by atoms with Crippen molar-refractivity contribution < 1.29 is 23.0 Å². The smallest absolute Gasteiger partial charge is 0.281 e. The van der Waals surface area contributed by atoms with Gasteiger partial charge in [-0.3, -0.25) is 0 Å². The van der Waals surface area contributed by atoms with Crippen LogP contribution < -0.4 is 0 Å². The molecular weight excluding hydrogens is 272 g/mol. The molecule has 0 aliphatic carbocycles. The molecule has 0 aromatic rings. The van der Waals surface area contributed by atoms with Gasteiger partial charge < -0.3 is 14.6 Å². The zero-order chi connectivity index (χ0) is 13.9. The number of ether oxygens (including phenoxy) is 2. The van der Waals surface area contributed by atoms with Gasteiger partial charge in [-0.15, -0.1) is 0 Å². The Bertz CT molecular complexity index is 388. The summed E-state index contributed by atoms with van der Waals surface area (Å²) in [4.78, 5) is 0. The summed E-state index contributed by atoms with van der Waals surface area (Å²) in [5.41, 5.74) is -0.980. The molecular formula is C11H22N2O5S. The van der Waals surface area contributed by atoms with E-state index >= 15 is 0 Å². The zero-order valence-corrected chi connectivity index (χ0v) is 12.1. The highest BCUT2D eigenvalue weighted by atomic mass is 32.2. The standard InChI is InChI=1S/C11H22N2O5S/c1-12(10-11(14)2-6-17-7-3-11)19(15,16)13-4-8-18-9-5-13/h14H,2-10H2,1H3. The van der Waals surface area contributed by atoms with Crippen LogP contribution in [0.1, 0.15) is 12.8 Å². The average Bonchev–Trinajstić information content (AvgIpc) is 2.40. The highest BCUT2D eigenvalue weighted by Gasteiger charge is 2.36. The van der Waals surface area contributed by atoms with E-state index in [0.717, 1.165) is 0 Å². The third-order valence-electron chi connectivity index (χ3n) is 3.63. The second-order valence-electron chi connectivity index (χ2n) is 5.11. The molecule has 19 heavy (non-hydrogen) atoms. The van der Waals surface area contributed by atoms with Gasteiger partial charge >= 0.3 is 0 Å². The first-order chi connectivity index (χ1) is 8.94. The van der Waals surface area contributed by atoms with Crippen molar-refractivity contribution in [1.82, 2.24) is 8.61 Å². The molecule has 2 saturated heterocycles. The van der Waals surface area contributed by atoms with Crippen LogP contribution in [0, 0.1) is 0 Å². The highest BCUT2D eigenvalue weighted by molar-refractivity contribution is 7.86. The molecule has 8 heteroatoms. The maximum absolute atomic E-state index is 12.4. The Morgan fingerprint density at radius 3 is 2.26 bits per heavy atom. The van der Waals surface area contributed by atoms with Crippen molar-refractivity contribution in [3.63, 3.8) is 0 Å². The lowest BCUT2D eigenvalue weighted by molar-refractivity contribution is -0.0695. The van der Waals surface area contributed by atoms with Crippen LogP contribution in [0.4, 0.5) is 0 Å². The minimum Gasteiger partial charge on any atom is -0.388 e. The molecule has 112 valence electrons. The van der Waals surface area contributed by atoms with Gasteiger partial charge in [-0.2, -0.15) is 17.0 Å². The lowest BCUT2D eigenvalue weighted by atomic mass is 9.95.